The van der Waals surface area contributed by atoms with E-state index in [1.165, 1.54) is 5.56 Å². The normalized spacial score (nSPS) is 11.7. The van der Waals surface area contributed by atoms with Crippen molar-refractivity contribution in [3.8, 4) is 0 Å². The molecule has 2 aromatic rings. The molecule has 1 aromatic heterocycles. The molecule has 4 heteroatoms. The van der Waals surface area contributed by atoms with Crippen molar-refractivity contribution < 1.29 is 0 Å². The van der Waals surface area contributed by atoms with Crippen LogP contribution in [0.1, 0.15) is 38.0 Å². The predicted molar refractivity (Wildman–Crippen MR) is 83.1 cm³/mol. The number of nitrogens with one attached hydrogen (secondary N) is 1. The van der Waals surface area contributed by atoms with Gasteiger partial charge in [-0.3, -0.25) is 4.68 Å². The zero-order valence-electron chi connectivity index (χ0n) is 13.1. The number of aromatic nitrogens is 3. The van der Waals surface area contributed by atoms with Crippen molar-refractivity contribution in [2.75, 3.05) is 11.9 Å². The Kier molecular flexibility index (Phi) is 4.12. The van der Waals surface area contributed by atoms with Gasteiger partial charge in [0, 0.05) is 31.1 Å². The third-order valence-electron chi connectivity index (χ3n) is 3.25. The van der Waals surface area contributed by atoms with Gasteiger partial charge < -0.3 is 5.32 Å². The largest absolute Gasteiger partial charge is 0.385 e. The minimum atomic E-state index is 0.000392. The molecule has 108 valence electrons. The Hall–Kier alpha value is -1.84. The van der Waals surface area contributed by atoms with Crippen LogP contribution in [0.25, 0.3) is 0 Å². The summed E-state index contributed by atoms with van der Waals surface area (Å²) in [6, 6.07) is 8.43. The molecular weight excluding hydrogens is 248 g/mol. The van der Waals surface area contributed by atoms with Crippen LogP contribution < -0.4 is 5.32 Å². The molecule has 1 heterocycles. The first-order valence-corrected chi connectivity index (χ1v) is 7.07. The first-order valence-electron chi connectivity index (χ1n) is 7.07. The molecule has 0 amide bonds. The van der Waals surface area contributed by atoms with E-state index < -0.39 is 0 Å². The van der Waals surface area contributed by atoms with Crippen LogP contribution in [-0.4, -0.2) is 21.3 Å². The molecule has 0 aliphatic carbocycles. The smallest absolute Gasteiger partial charge is 0.156 e. The second kappa shape index (κ2) is 5.65. The Labute approximate surface area is 121 Å². The van der Waals surface area contributed by atoms with Gasteiger partial charge in [-0.1, -0.05) is 38.5 Å². The molecule has 2 rings (SSSR count). The quantitative estimate of drug-likeness (QED) is 0.930. The highest BCUT2D eigenvalue weighted by molar-refractivity contribution is 5.44. The first kappa shape index (κ1) is 14.6. The molecule has 0 unspecified atom stereocenters. The maximum absolute atomic E-state index is 4.64. The van der Waals surface area contributed by atoms with E-state index in [1.54, 1.807) is 0 Å². The molecule has 0 fully saturated rings. The van der Waals surface area contributed by atoms with Crippen LogP contribution in [0.4, 0.5) is 5.69 Å². The van der Waals surface area contributed by atoms with Crippen LogP contribution in [0.15, 0.2) is 24.3 Å². The molecule has 20 heavy (non-hydrogen) atoms. The zero-order chi connectivity index (χ0) is 14.8. The SMILES string of the molecule is Cc1ccc(NCCc2nc(C(C)(C)C)nn2C)cc1. The number of nitrogens with zero attached hydrogens (tertiary/aromatic N) is 3. The summed E-state index contributed by atoms with van der Waals surface area (Å²) in [6.07, 6.45) is 0.869. The fourth-order valence-electron chi connectivity index (χ4n) is 1.94. The average Bonchev–Trinajstić information content (AvgIpc) is 2.74. The molecular formula is C16H24N4. The molecule has 0 aliphatic heterocycles. The predicted octanol–water partition coefficient (Wildman–Crippen LogP) is 3.08. The number of hydrogen-bond acceptors (Lipinski definition) is 3. The number of rotatable bonds is 4. The Bertz CT molecular complexity index is 561. The maximum atomic E-state index is 4.64. The molecule has 4 nitrogen and oxygen atoms in total. The van der Waals surface area contributed by atoms with Crippen molar-refractivity contribution in [1.82, 2.24) is 14.8 Å². The topological polar surface area (TPSA) is 42.7 Å². The molecule has 0 saturated heterocycles. The summed E-state index contributed by atoms with van der Waals surface area (Å²) in [5, 5.41) is 7.91. The van der Waals surface area contributed by atoms with Gasteiger partial charge in [-0.15, -0.1) is 0 Å². The lowest BCUT2D eigenvalue weighted by Gasteiger charge is -2.12. The summed E-state index contributed by atoms with van der Waals surface area (Å²) in [5.41, 5.74) is 2.42. The van der Waals surface area contributed by atoms with Crippen LogP contribution in [0, 0.1) is 6.92 Å². The van der Waals surface area contributed by atoms with E-state index in [2.05, 4.69) is 67.4 Å². The van der Waals surface area contributed by atoms with Gasteiger partial charge in [0.25, 0.3) is 0 Å². The average molecular weight is 272 g/mol. The van der Waals surface area contributed by atoms with Crippen molar-refractivity contribution in [2.24, 2.45) is 7.05 Å². The lowest BCUT2D eigenvalue weighted by atomic mass is 9.96. The lowest BCUT2D eigenvalue weighted by molar-refractivity contribution is 0.538. The maximum Gasteiger partial charge on any atom is 0.156 e. The van der Waals surface area contributed by atoms with E-state index >= 15 is 0 Å². The van der Waals surface area contributed by atoms with E-state index in [0.717, 1.165) is 30.3 Å². The van der Waals surface area contributed by atoms with Gasteiger partial charge in [0.05, 0.1) is 0 Å². The molecule has 0 bridgehead atoms. The third kappa shape index (κ3) is 3.59. The standard InChI is InChI=1S/C16H24N4/c1-12-6-8-13(9-7-12)17-11-10-14-18-15(16(2,3)4)19-20(14)5/h6-9,17H,10-11H2,1-5H3. The summed E-state index contributed by atoms with van der Waals surface area (Å²) in [4.78, 5) is 4.64. The van der Waals surface area contributed by atoms with Crippen LogP contribution in [-0.2, 0) is 18.9 Å². The lowest BCUT2D eigenvalue weighted by Crippen LogP contribution is -2.13. The van der Waals surface area contributed by atoms with Crippen molar-refractivity contribution in [2.45, 2.75) is 39.5 Å². The highest BCUT2D eigenvalue weighted by Crippen LogP contribution is 2.18. The van der Waals surface area contributed by atoms with Gasteiger partial charge in [0.15, 0.2) is 5.82 Å². The Balaban J connectivity index is 1.94. The van der Waals surface area contributed by atoms with E-state index in [9.17, 15) is 0 Å². The molecule has 0 aliphatic rings. The minimum absolute atomic E-state index is 0.000392. The Morgan fingerprint density at radius 3 is 2.35 bits per heavy atom. The highest BCUT2D eigenvalue weighted by Gasteiger charge is 2.20. The van der Waals surface area contributed by atoms with Crippen molar-refractivity contribution >= 4 is 5.69 Å². The summed E-state index contributed by atoms with van der Waals surface area (Å²) >= 11 is 0. The number of benzene rings is 1. The summed E-state index contributed by atoms with van der Waals surface area (Å²) in [5.74, 6) is 1.93. The van der Waals surface area contributed by atoms with Crippen LogP contribution in [0.2, 0.25) is 0 Å². The zero-order valence-corrected chi connectivity index (χ0v) is 13.1. The molecule has 0 atom stereocenters. The third-order valence-corrected chi connectivity index (χ3v) is 3.25. The Morgan fingerprint density at radius 1 is 1.15 bits per heavy atom. The van der Waals surface area contributed by atoms with Crippen LogP contribution in [0.3, 0.4) is 0 Å². The van der Waals surface area contributed by atoms with Gasteiger partial charge in [-0.25, -0.2) is 4.98 Å². The fraction of sp³-hybridized carbons (Fsp3) is 0.500. The molecule has 1 N–H and O–H groups in total. The van der Waals surface area contributed by atoms with E-state index in [-0.39, 0.29) is 5.41 Å². The van der Waals surface area contributed by atoms with Gasteiger partial charge in [-0.2, -0.15) is 5.10 Å². The molecule has 0 spiro atoms. The van der Waals surface area contributed by atoms with Gasteiger partial charge >= 0.3 is 0 Å². The van der Waals surface area contributed by atoms with Crippen molar-refractivity contribution in [3.63, 3.8) is 0 Å². The summed E-state index contributed by atoms with van der Waals surface area (Å²) < 4.78 is 1.89. The molecule has 0 radical (unpaired) electrons. The van der Waals surface area contributed by atoms with E-state index in [1.807, 2.05) is 11.7 Å². The number of anilines is 1. The van der Waals surface area contributed by atoms with Crippen LogP contribution in [0.5, 0.6) is 0 Å². The Morgan fingerprint density at radius 2 is 1.80 bits per heavy atom. The number of aryl methyl sites for hydroxylation is 2. The monoisotopic (exact) mass is 272 g/mol. The fourth-order valence-corrected chi connectivity index (χ4v) is 1.94. The van der Waals surface area contributed by atoms with Crippen molar-refractivity contribution in [3.05, 3.63) is 41.5 Å². The molecule has 0 saturated carbocycles. The first-order chi connectivity index (χ1) is 9.36. The second-order valence-electron chi connectivity index (χ2n) is 6.27. The van der Waals surface area contributed by atoms with E-state index in [4.69, 9.17) is 0 Å². The summed E-state index contributed by atoms with van der Waals surface area (Å²) in [6.45, 7) is 9.36. The van der Waals surface area contributed by atoms with Gasteiger partial charge in [-0.05, 0) is 19.1 Å². The van der Waals surface area contributed by atoms with Gasteiger partial charge in [0.1, 0.15) is 5.82 Å². The van der Waals surface area contributed by atoms with Gasteiger partial charge in [0.2, 0.25) is 0 Å². The highest BCUT2D eigenvalue weighted by atomic mass is 15.3. The number of hydrogen-bond donors (Lipinski definition) is 1. The minimum Gasteiger partial charge on any atom is -0.385 e. The van der Waals surface area contributed by atoms with Crippen LogP contribution >= 0.6 is 0 Å². The van der Waals surface area contributed by atoms with Crippen molar-refractivity contribution in [1.29, 1.82) is 0 Å². The summed E-state index contributed by atoms with van der Waals surface area (Å²) in [7, 11) is 1.96. The molecule has 1 aromatic carbocycles. The second-order valence-corrected chi connectivity index (χ2v) is 6.27. The van der Waals surface area contributed by atoms with E-state index in [0.29, 0.717) is 0 Å².